The van der Waals surface area contributed by atoms with Crippen LogP contribution in [-0.2, 0) is 9.59 Å². The highest BCUT2D eigenvalue weighted by molar-refractivity contribution is 7.99. The van der Waals surface area contributed by atoms with Gasteiger partial charge in [0.15, 0.2) is 0 Å². The minimum Gasteiger partial charge on any atom is -0.733 e. The summed E-state index contributed by atoms with van der Waals surface area (Å²) in [5.74, 6) is -1.93. The molecule has 0 saturated heterocycles. The average Bonchev–Trinajstić information content (AvgIpc) is 2.41. The van der Waals surface area contributed by atoms with Crippen molar-refractivity contribution in [1.29, 1.82) is 0 Å². The van der Waals surface area contributed by atoms with Crippen LogP contribution in [0.1, 0.15) is 6.92 Å². The molecule has 0 aliphatic rings. The summed E-state index contributed by atoms with van der Waals surface area (Å²) in [4.78, 5) is 22.1. The molecule has 11 heteroatoms. The van der Waals surface area contributed by atoms with Crippen molar-refractivity contribution in [2.75, 3.05) is 11.0 Å². The Bertz CT molecular complexity index is 600. The van der Waals surface area contributed by atoms with Crippen LogP contribution in [0.4, 0.5) is 5.69 Å². The Labute approximate surface area is 144 Å². The Morgan fingerprint density at radius 3 is 2.45 bits per heavy atom. The van der Waals surface area contributed by atoms with Gasteiger partial charge < -0.3 is 20.9 Å². The second-order valence-electron chi connectivity index (χ2n) is 4.01. The van der Waals surface area contributed by atoms with Gasteiger partial charge in [-0.05, 0) is 6.07 Å². The van der Waals surface area contributed by atoms with Gasteiger partial charge >= 0.3 is 5.97 Å². The Balaban J connectivity index is 3.08. The van der Waals surface area contributed by atoms with Crippen LogP contribution in [0.25, 0.3) is 0 Å². The topological polar surface area (TPSA) is 113 Å². The molecule has 1 amide bonds. The molecule has 122 valence electrons. The highest BCUT2D eigenvalue weighted by Gasteiger charge is 2.22. The van der Waals surface area contributed by atoms with Gasteiger partial charge in [0.05, 0.1) is 25.7 Å². The van der Waals surface area contributed by atoms with E-state index < -0.39 is 23.1 Å². The van der Waals surface area contributed by atoms with Crippen LogP contribution in [0.2, 0.25) is 15.1 Å². The largest absolute Gasteiger partial charge is 0.733 e. The quantitative estimate of drug-likeness (QED) is 0.390. The van der Waals surface area contributed by atoms with Crippen molar-refractivity contribution in [1.82, 2.24) is 5.32 Å². The molecule has 0 aliphatic carbocycles. The molecule has 1 unspecified atom stereocenters. The Kier molecular flexibility index (Phi) is 7.04. The van der Waals surface area contributed by atoms with E-state index in [1.165, 1.54) is 6.92 Å². The summed E-state index contributed by atoms with van der Waals surface area (Å²) in [6, 6.07) is -0.112. The summed E-state index contributed by atoms with van der Waals surface area (Å²) in [5, 5.41) is 30.8. The molecule has 1 atom stereocenters. The lowest BCUT2D eigenvalue weighted by Gasteiger charge is -2.26. The molecule has 0 aliphatic heterocycles. The predicted molar refractivity (Wildman–Crippen MR) is 85.1 cm³/mol. The number of carbonyl (C=O) groups is 2. The van der Waals surface area contributed by atoms with Crippen LogP contribution in [-0.4, -0.2) is 34.0 Å². The van der Waals surface area contributed by atoms with E-state index in [2.05, 4.69) is 5.32 Å². The second kappa shape index (κ2) is 8.09. The Morgan fingerprint density at radius 1 is 1.41 bits per heavy atom. The van der Waals surface area contributed by atoms with Crippen LogP contribution in [0, 0.1) is 5.21 Å². The highest BCUT2D eigenvalue weighted by Crippen LogP contribution is 2.44. The molecular formula is C11H10Cl3N2O5S-. The molecule has 1 aromatic rings. The van der Waals surface area contributed by atoms with Gasteiger partial charge in [-0.2, -0.15) is 0 Å². The number of rotatable bonds is 6. The number of aliphatic carboxylic acids is 1. The van der Waals surface area contributed by atoms with Gasteiger partial charge in [0.25, 0.3) is 0 Å². The van der Waals surface area contributed by atoms with Crippen LogP contribution < -0.4 is 10.5 Å². The van der Waals surface area contributed by atoms with E-state index in [4.69, 9.17) is 45.1 Å². The minimum atomic E-state index is -1.26. The van der Waals surface area contributed by atoms with Gasteiger partial charge in [0, 0.05) is 12.7 Å². The van der Waals surface area contributed by atoms with Crippen molar-refractivity contribution in [3.05, 3.63) is 26.3 Å². The van der Waals surface area contributed by atoms with Gasteiger partial charge in [-0.3, -0.25) is 10.0 Å². The number of amides is 1. The third-order valence-electron chi connectivity index (χ3n) is 2.37. The first-order chi connectivity index (χ1) is 10.1. The zero-order valence-corrected chi connectivity index (χ0v) is 14.1. The summed E-state index contributed by atoms with van der Waals surface area (Å²) in [6.07, 6.45) is 0. The fraction of sp³-hybridized carbons (Fsp3) is 0.273. The summed E-state index contributed by atoms with van der Waals surface area (Å²) in [6.45, 7) is 1.17. The number of anilines is 1. The molecule has 7 nitrogen and oxygen atoms in total. The number of thioether (sulfide) groups is 1. The fourth-order valence-electron chi connectivity index (χ4n) is 1.43. The van der Waals surface area contributed by atoms with Gasteiger partial charge in [-0.25, -0.2) is 4.79 Å². The molecule has 0 saturated carbocycles. The van der Waals surface area contributed by atoms with Crippen molar-refractivity contribution >= 4 is 64.1 Å². The van der Waals surface area contributed by atoms with Gasteiger partial charge in [-0.15, -0.1) is 11.8 Å². The fourth-order valence-corrected chi connectivity index (χ4v) is 3.32. The number of nitrogens with zero attached hydrogens (tertiary/aromatic N) is 1. The normalized spacial score (nSPS) is 11.9. The lowest BCUT2D eigenvalue weighted by molar-refractivity contribution is -0.140. The molecule has 22 heavy (non-hydrogen) atoms. The van der Waals surface area contributed by atoms with Crippen molar-refractivity contribution in [2.24, 2.45) is 0 Å². The van der Waals surface area contributed by atoms with Gasteiger partial charge in [0.1, 0.15) is 6.04 Å². The van der Waals surface area contributed by atoms with Crippen molar-refractivity contribution in [3.63, 3.8) is 0 Å². The number of hydrogen-bond acceptors (Lipinski definition) is 6. The zero-order chi connectivity index (χ0) is 17.0. The molecule has 0 aromatic heterocycles. The number of carboxylic acid groups (broad SMARTS) is 1. The van der Waals surface area contributed by atoms with Gasteiger partial charge in [-0.1, -0.05) is 34.8 Å². The smallest absolute Gasteiger partial charge is 0.327 e. The maximum absolute atomic E-state index is 11.2. The molecular weight excluding hydrogens is 379 g/mol. The van der Waals surface area contributed by atoms with Crippen LogP contribution >= 0.6 is 46.6 Å². The second-order valence-corrected chi connectivity index (χ2v) is 6.20. The van der Waals surface area contributed by atoms with Crippen molar-refractivity contribution in [3.8, 4) is 0 Å². The number of benzene rings is 1. The maximum Gasteiger partial charge on any atom is 0.327 e. The summed E-state index contributed by atoms with van der Waals surface area (Å²) in [7, 11) is 0. The number of hydrogen-bond donors (Lipinski definition) is 3. The monoisotopic (exact) mass is 387 g/mol. The standard InChI is InChI=1S/C11H10Cl3N2O5S/c1-4(17)15-6(11(18)19)3-22-10-7(16(20)21)2-5(12)8(13)9(10)14/h2,6,20H,3H2,1H3,(H,15,17)(H,18,19)/q-1. The lowest BCUT2D eigenvalue weighted by atomic mass is 10.3. The molecule has 0 radical (unpaired) electrons. The van der Waals surface area contributed by atoms with E-state index in [0.29, 0.717) is 0 Å². The third-order valence-corrected chi connectivity index (χ3v) is 4.95. The molecule has 1 rings (SSSR count). The van der Waals surface area contributed by atoms with Crippen LogP contribution in [0.5, 0.6) is 0 Å². The van der Waals surface area contributed by atoms with E-state index in [1.807, 2.05) is 0 Å². The predicted octanol–water partition coefficient (Wildman–Crippen LogP) is 3.02. The Morgan fingerprint density at radius 2 is 2.00 bits per heavy atom. The third kappa shape index (κ3) is 4.80. The molecule has 0 bridgehead atoms. The molecule has 0 heterocycles. The molecule has 3 N–H and O–H groups in total. The van der Waals surface area contributed by atoms with Crippen LogP contribution in [0.3, 0.4) is 0 Å². The maximum atomic E-state index is 11.2. The molecule has 0 spiro atoms. The SMILES string of the molecule is CC(=O)NC(CSc1c(N([O-])O)cc(Cl)c(Cl)c1Cl)C(=O)O. The number of nitrogens with one attached hydrogen (secondary N) is 1. The summed E-state index contributed by atoms with van der Waals surface area (Å²) < 4.78 is 0. The highest BCUT2D eigenvalue weighted by atomic mass is 35.5. The molecule has 1 aromatic carbocycles. The van der Waals surface area contributed by atoms with E-state index >= 15 is 0 Å². The summed E-state index contributed by atoms with van der Waals surface area (Å²) in [5.41, 5.74) is -0.281. The minimum absolute atomic E-state index is 0.0390. The van der Waals surface area contributed by atoms with E-state index in [9.17, 15) is 14.8 Å². The number of halogens is 3. The van der Waals surface area contributed by atoms with Crippen molar-refractivity contribution < 1.29 is 19.9 Å². The first-order valence-corrected chi connectivity index (χ1v) is 7.73. The van der Waals surface area contributed by atoms with Crippen molar-refractivity contribution in [2.45, 2.75) is 17.9 Å². The first kappa shape index (κ1) is 19.1. The van der Waals surface area contributed by atoms with E-state index in [-0.39, 0.29) is 31.4 Å². The first-order valence-electron chi connectivity index (χ1n) is 5.61. The average molecular weight is 389 g/mol. The van der Waals surface area contributed by atoms with Gasteiger partial charge in [0.2, 0.25) is 5.91 Å². The lowest BCUT2D eigenvalue weighted by Crippen LogP contribution is -2.41. The van der Waals surface area contributed by atoms with Crippen LogP contribution in [0.15, 0.2) is 11.0 Å². The number of carbonyl (C=O) groups excluding carboxylic acids is 1. The zero-order valence-electron chi connectivity index (χ0n) is 11.0. The summed E-state index contributed by atoms with van der Waals surface area (Å²) >= 11 is 18.4. The van der Waals surface area contributed by atoms with E-state index in [1.54, 1.807) is 0 Å². The van der Waals surface area contributed by atoms with E-state index in [0.717, 1.165) is 17.8 Å². The Hall–Kier alpha value is -0.900. The molecule has 0 fully saturated rings. The number of carboxylic acids is 1.